The normalized spacial score (nSPS) is 11.4. The number of benzene rings is 3. The Labute approximate surface area is 237 Å². The zero-order valence-corrected chi connectivity index (χ0v) is 23.3. The molecule has 4 rings (SSSR count). The van der Waals surface area contributed by atoms with Crippen LogP contribution in [0.15, 0.2) is 99.3 Å². The lowest BCUT2D eigenvalue weighted by atomic mass is 10.1. The van der Waals surface area contributed by atoms with E-state index in [4.69, 9.17) is 20.8 Å². The molecule has 0 aliphatic rings. The third-order valence-electron chi connectivity index (χ3n) is 5.71. The minimum atomic E-state index is -4.12. The van der Waals surface area contributed by atoms with Crippen LogP contribution in [0.5, 0.6) is 0 Å². The van der Waals surface area contributed by atoms with Crippen molar-refractivity contribution in [3.05, 3.63) is 107 Å². The summed E-state index contributed by atoms with van der Waals surface area (Å²) in [7, 11) is -4.12. The van der Waals surface area contributed by atoms with E-state index in [-0.39, 0.29) is 15.6 Å². The van der Waals surface area contributed by atoms with Crippen molar-refractivity contribution in [1.29, 1.82) is 0 Å². The summed E-state index contributed by atoms with van der Waals surface area (Å²) in [6.45, 7) is 3.31. The molecule has 3 aromatic carbocycles. The number of nitrogens with zero attached hydrogens (tertiary/aromatic N) is 2. The maximum absolute atomic E-state index is 13.5. The predicted molar refractivity (Wildman–Crippen MR) is 153 cm³/mol. The van der Waals surface area contributed by atoms with Gasteiger partial charge in [-0.05, 0) is 62.4 Å². The lowest BCUT2D eigenvalue weighted by molar-refractivity contribution is -0.119. The zero-order chi connectivity index (χ0) is 28.7. The summed E-state index contributed by atoms with van der Waals surface area (Å²) in [4.78, 5) is 24.6. The Balaban J connectivity index is 1.46. The molecule has 0 saturated heterocycles. The number of ether oxygens (including phenoxy) is 1. The van der Waals surface area contributed by atoms with Crippen molar-refractivity contribution in [2.45, 2.75) is 18.7 Å². The maximum Gasteiger partial charge on any atom is 0.338 e. The van der Waals surface area contributed by atoms with Gasteiger partial charge in [0.15, 0.2) is 0 Å². The molecule has 206 valence electrons. The van der Waals surface area contributed by atoms with Crippen LogP contribution in [0.3, 0.4) is 0 Å². The summed E-state index contributed by atoms with van der Waals surface area (Å²) in [5, 5.41) is 4.08. The lowest BCUT2D eigenvalue weighted by Crippen LogP contribution is -2.39. The van der Waals surface area contributed by atoms with Gasteiger partial charge in [-0.1, -0.05) is 53.6 Å². The minimum absolute atomic E-state index is 0.0210. The fraction of sp³-hybridized carbons (Fsp3) is 0.138. The summed E-state index contributed by atoms with van der Waals surface area (Å²) >= 11 is 6.29. The Morgan fingerprint density at radius 2 is 1.70 bits per heavy atom. The van der Waals surface area contributed by atoms with Crippen molar-refractivity contribution in [3.63, 3.8) is 0 Å². The molecule has 0 aliphatic carbocycles. The standard InChI is InChI=1S/C29H26ClN3O6S/c1-3-38-29(35)22-12-10-21(11-13-22)27-17-14-23(39-27)18-31-32-28(34)19-33(26-7-5-4-6-25(26)30)40(36,37)24-15-8-20(2)9-16-24/h4-18H,3,19H2,1-2H3,(H,32,34)/b31-18-. The van der Waals surface area contributed by atoms with Crippen molar-refractivity contribution >= 4 is 45.4 Å². The largest absolute Gasteiger partial charge is 0.462 e. The van der Waals surface area contributed by atoms with Gasteiger partial charge in [-0.3, -0.25) is 9.10 Å². The van der Waals surface area contributed by atoms with Crippen LogP contribution in [0.2, 0.25) is 5.02 Å². The number of furan rings is 1. The van der Waals surface area contributed by atoms with Gasteiger partial charge in [0.25, 0.3) is 15.9 Å². The van der Waals surface area contributed by atoms with Gasteiger partial charge < -0.3 is 9.15 Å². The van der Waals surface area contributed by atoms with Crippen molar-refractivity contribution in [1.82, 2.24) is 5.43 Å². The number of halogens is 1. The fourth-order valence-electron chi connectivity index (χ4n) is 3.69. The van der Waals surface area contributed by atoms with Gasteiger partial charge in [0.05, 0.1) is 34.0 Å². The first-order chi connectivity index (χ1) is 19.2. The van der Waals surface area contributed by atoms with E-state index in [9.17, 15) is 18.0 Å². The van der Waals surface area contributed by atoms with Crippen LogP contribution in [-0.2, 0) is 19.6 Å². The molecule has 0 fully saturated rings. The Morgan fingerprint density at radius 1 is 1.00 bits per heavy atom. The number of sulfonamides is 1. The molecule has 0 spiro atoms. The van der Waals surface area contributed by atoms with Crippen LogP contribution in [0.1, 0.15) is 28.6 Å². The summed E-state index contributed by atoms with van der Waals surface area (Å²) < 4.78 is 38.6. The molecular weight excluding hydrogens is 554 g/mol. The third-order valence-corrected chi connectivity index (χ3v) is 7.80. The fourth-order valence-corrected chi connectivity index (χ4v) is 5.41. The number of hydrogen-bond donors (Lipinski definition) is 1. The highest BCUT2D eigenvalue weighted by Crippen LogP contribution is 2.30. The average Bonchev–Trinajstić information content (AvgIpc) is 3.41. The molecule has 9 nitrogen and oxygen atoms in total. The van der Waals surface area contributed by atoms with Crippen LogP contribution < -0.4 is 9.73 Å². The molecule has 1 aromatic heterocycles. The molecule has 11 heteroatoms. The van der Waals surface area contributed by atoms with Crippen LogP contribution in [-0.4, -0.2) is 39.7 Å². The Bertz CT molecular complexity index is 1630. The Morgan fingerprint density at radius 3 is 2.38 bits per heavy atom. The molecule has 1 heterocycles. The first kappa shape index (κ1) is 28.6. The van der Waals surface area contributed by atoms with E-state index in [1.165, 1.54) is 24.4 Å². The molecule has 1 amide bonds. The van der Waals surface area contributed by atoms with Crippen molar-refractivity contribution in [3.8, 4) is 11.3 Å². The third kappa shape index (κ3) is 6.77. The number of anilines is 1. The molecule has 4 aromatic rings. The first-order valence-electron chi connectivity index (χ1n) is 12.2. The molecule has 0 radical (unpaired) electrons. The lowest BCUT2D eigenvalue weighted by Gasteiger charge is -2.24. The number of para-hydroxylation sites is 1. The molecule has 0 bridgehead atoms. The van der Waals surface area contributed by atoms with E-state index in [1.807, 2.05) is 6.92 Å². The quantitative estimate of drug-likeness (QED) is 0.152. The highest BCUT2D eigenvalue weighted by Gasteiger charge is 2.28. The minimum Gasteiger partial charge on any atom is -0.462 e. The topological polar surface area (TPSA) is 118 Å². The van der Waals surface area contributed by atoms with Crippen LogP contribution in [0, 0.1) is 6.92 Å². The smallest absolute Gasteiger partial charge is 0.338 e. The second-order valence-electron chi connectivity index (χ2n) is 8.57. The zero-order valence-electron chi connectivity index (χ0n) is 21.7. The van der Waals surface area contributed by atoms with Crippen molar-refractivity contribution < 1.29 is 27.2 Å². The monoisotopic (exact) mass is 579 g/mol. The number of hydrogen-bond acceptors (Lipinski definition) is 7. The van der Waals surface area contributed by atoms with Crippen LogP contribution >= 0.6 is 11.6 Å². The number of hydrazone groups is 1. The number of carbonyl (C=O) groups excluding carboxylic acids is 2. The second-order valence-corrected chi connectivity index (χ2v) is 10.8. The van der Waals surface area contributed by atoms with E-state index in [0.717, 1.165) is 15.4 Å². The molecule has 0 atom stereocenters. The number of carbonyl (C=O) groups is 2. The Kier molecular flexibility index (Phi) is 9.03. The van der Waals surface area contributed by atoms with Gasteiger partial charge in [0, 0.05) is 5.56 Å². The van der Waals surface area contributed by atoms with E-state index in [2.05, 4.69) is 10.5 Å². The summed E-state index contributed by atoms with van der Waals surface area (Å²) in [5.41, 5.74) is 4.55. The van der Waals surface area contributed by atoms with Crippen molar-refractivity contribution in [2.75, 3.05) is 17.5 Å². The number of rotatable bonds is 10. The van der Waals surface area contributed by atoms with Gasteiger partial charge in [0.1, 0.15) is 18.1 Å². The van der Waals surface area contributed by atoms with E-state index >= 15 is 0 Å². The van der Waals surface area contributed by atoms with E-state index in [1.54, 1.807) is 73.7 Å². The Hall–Kier alpha value is -4.41. The predicted octanol–water partition coefficient (Wildman–Crippen LogP) is 5.43. The van der Waals surface area contributed by atoms with Crippen molar-refractivity contribution in [2.24, 2.45) is 5.10 Å². The summed E-state index contributed by atoms with van der Waals surface area (Å²) in [6.07, 6.45) is 1.29. The highest BCUT2D eigenvalue weighted by molar-refractivity contribution is 7.92. The molecule has 0 aliphatic heterocycles. The molecule has 1 N–H and O–H groups in total. The van der Waals surface area contributed by atoms with Gasteiger partial charge in [-0.2, -0.15) is 5.10 Å². The van der Waals surface area contributed by atoms with Gasteiger partial charge in [-0.25, -0.2) is 18.6 Å². The SMILES string of the molecule is CCOC(=O)c1ccc(-c2ccc(/C=N\NC(=O)CN(c3ccccc3Cl)S(=O)(=O)c3ccc(C)cc3)o2)cc1. The number of esters is 1. The average molecular weight is 580 g/mol. The first-order valence-corrected chi connectivity index (χ1v) is 14.0. The van der Waals surface area contributed by atoms with Crippen LogP contribution in [0.4, 0.5) is 5.69 Å². The van der Waals surface area contributed by atoms with Gasteiger partial charge in [-0.15, -0.1) is 0 Å². The van der Waals surface area contributed by atoms with Gasteiger partial charge in [0.2, 0.25) is 0 Å². The summed E-state index contributed by atoms with van der Waals surface area (Å²) in [5.74, 6) is -0.220. The number of amides is 1. The number of aryl methyl sites for hydroxylation is 1. The number of nitrogens with one attached hydrogen (secondary N) is 1. The summed E-state index contributed by atoms with van der Waals surface area (Å²) in [6, 6.07) is 22.8. The van der Waals surface area contributed by atoms with Gasteiger partial charge >= 0.3 is 5.97 Å². The highest BCUT2D eigenvalue weighted by atomic mass is 35.5. The molecule has 0 unspecified atom stereocenters. The second kappa shape index (κ2) is 12.6. The van der Waals surface area contributed by atoms with Crippen LogP contribution in [0.25, 0.3) is 11.3 Å². The van der Waals surface area contributed by atoms with E-state index in [0.29, 0.717) is 23.7 Å². The molecule has 40 heavy (non-hydrogen) atoms. The molecular formula is C29H26ClN3O6S. The maximum atomic E-state index is 13.5. The molecule has 0 saturated carbocycles. The van der Waals surface area contributed by atoms with E-state index < -0.39 is 28.4 Å².